The van der Waals surface area contributed by atoms with Gasteiger partial charge in [0.1, 0.15) is 11.5 Å². The molecule has 1 heterocycles. The van der Waals surface area contributed by atoms with Crippen molar-refractivity contribution in [1.29, 1.82) is 0 Å². The van der Waals surface area contributed by atoms with Gasteiger partial charge in [0.05, 0.1) is 5.92 Å². The Hall–Kier alpha value is -1.91. The van der Waals surface area contributed by atoms with Crippen LogP contribution in [-0.4, -0.2) is 23.9 Å². The second kappa shape index (κ2) is 4.40. The largest absolute Gasteiger partial charge is 0.458 e. The summed E-state index contributed by atoms with van der Waals surface area (Å²) in [6.07, 6.45) is 5.23. The average Bonchev–Trinajstić information content (AvgIpc) is 2.63. The molecule has 0 aromatic heterocycles. The fourth-order valence-corrected chi connectivity index (χ4v) is 2.71. The summed E-state index contributed by atoms with van der Waals surface area (Å²) in [5, 5.41) is 2.33. The third-order valence-corrected chi connectivity index (χ3v) is 3.67. The first-order valence-corrected chi connectivity index (χ1v) is 5.88. The Bertz CT molecular complexity index is 454. The molecule has 1 saturated heterocycles. The van der Waals surface area contributed by atoms with Crippen molar-refractivity contribution in [2.45, 2.75) is 25.9 Å². The van der Waals surface area contributed by atoms with Crippen LogP contribution in [0.15, 0.2) is 24.8 Å². The van der Waals surface area contributed by atoms with Crippen LogP contribution in [0.4, 0.5) is 0 Å². The van der Waals surface area contributed by atoms with Gasteiger partial charge in [0.25, 0.3) is 0 Å². The number of carbonyl (C=O) groups is 3. The van der Waals surface area contributed by atoms with Crippen molar-refractivity contribution in [1.82, 2.24) is 5.32 Å². The molecule has 0 spiro atoms. The molecule has 96 valence electrons. The highest BCUT2D eigenvalue weighted by atomic mass is 16.5. The monoisotopic (exact) mass is 249 g/mol. The topological polar surface area (TPSA) is 72.5 Å². The quantitative estimate of drug-likeness (QED) is 0.346. The first-order chi connectivity index (χ1) is 8.52. The van der Waals surface area contributed by atoms with E-state index in [1.54, 1.807) is 13.0 Å². The lowest BCUT2D eigenvalue weighted by atomic mass is 9.68. The molecule has 1 N–H and O–H groups in total. The van der Waals surface area contributed by atoms with Crippen LogP contribution in [0.25, 0.3) is 0 Å². The zero-order valence-corrected chi connectivity index (χ0v) is 10.1. The van der Waals surface area contributed by atoms with Crippen LogP contribution in [0.2, 0.25) is 0 Å². The molecule has 5 nitrogen and oxygen atoms in total. The van der Waals surface area contributed by atoms with E-state index >= 15 is 0 Å². The molecule has 0 saturated carbocycles. The van der Waals surface area contributed by atoms with E-state index in [1.807, 2.05) is 6.08 Å². The lowest BCUT2D eigenvalue weighted by Gasteiger charge is -2.35. The third-order valence-electron chi connectivity index (χ3n) is 3.67. The molecule has 5 heteroatoms. The van der Waals surface area contributed by atoms with Crippen molar-refractivity contribution >= 4 is 17.8 Å². The highest BCUT2D eigenvalue weighted by molar-refractivity contribution is 6.09. The molecule has 2 rings (SSSR count). The number of fused-ring (bicyclic) bond motifs is 1. The Kier molecular flexibility index (Phi) is 3.07. The lowest BCUT2D eigenvalue weighted by Crippen LogP contribution is -2.46. The SMILES string of the molecule is C=CC(=O)OC(C)C12C=CCCC1C(=O)NC2=O. The predicted molar refractivity (Wildman–Crippen MR) is 63.2 cm³/mol. The van der Waals surface area contributed by atoms with Gasteiger partial charge in [-0.1, -0.05) is 18.7 Å². The molecule has 2 amide bonds. The lowest BCUT2D eigenvalue weighted by molar-refractivity contribution is -0.153. The van der Waals surface area contributed by atoms with Crippen LogP contribution < -0.4 is 5.32 Å². The van der Waals surface area contributed by atoms with Gasteiger partial charge in [-0.15, -0.1) is 0 Å². The number of carbonyl (C=O) groups excluding carboxylic acids is 3. The van der Waals surface area contributed by atoms with Gasteiger partial charge in [0, 0.05) is 6.08 Å². The minimum Gasteiger partial charge on any atom is -0.458 e. The molecule has 1 aliphatic carbocycles. The molecule has 0 aromatic carbocycles. The first-order valence-electron chi connectivity index (χ1n) is 5.88. The van der Waals surface area contributed by atoms with E-state index in [2.05, 4.69) is 11.9 Å². The smallest absolute Gasteiger partial charge is 0.330 e. The van der Waals surface area contributed by atoms with Crippen LogP contribution in [0, 0.1) is 11.3 Å². The molecule has 2 aliphatic rings. The van der Waals surface area contributed by atoms with Crippen molar-refractivity contribution < 1.29 is 19.1 Å². The fraction of sp³-hybridized carbons (Fsp3) is 0.462. The Morgan fingerprint density at radius 1 is 1.67 bits per heavy atom. The van der Waals surface area contributed by atoms with E-state index in [0.29, 0.717) is 6.42 Å². The van der Waals surface area contributed by atoms with Crippen molar-refractivity contribution in [2.75, 3.05) is 0 Å². The number of rotatable bonds is 3. The second-order valence-electron chi connectivity index (χ2n) is 4.57. The second-order valence-corrected chi connectivity index (χ2v) is 4.57. The molecule has 0 radical (unpaired) electrons. The van der Waals surface area contributed by atoms with Gasteiger partial charge in [0.2, 0.25) is 11.8 Å². The van der Waals surface area contributed by atoms with E-state index in [9.17, 15) is 14.4 Å². The number of esters is 1. The molecule has 3 atom stereocenters. The zero-order chi connectivity index (χ0) is 13.3. The van der Waals surface area contributed by atoms with E-state index in [-0.39, 0.29) is 5.91 Å². The Morgan fingerprint density at radius 3 is 3.06 bits per heavy atom. The number of hydrogen-bond acceptors (Lipinski definition) is 4. The Morgan fingerprint density at radius 2 is 2.39 bits per heavy atom. The maximum absolute atomic E-state index is 12.1. The summed E-state index contributed by atoms with van der Waals surface area (Å²) in [5.74, 6) is -1.73. The van der Waals surface area contributed by atoms with Crippen molar-refractivity contribution in [3.8, 4) is 0 Å². The van der Waals surface area contributed by atoms with Crippen molar-refractivity contribution in [2.24, 2.45) is 11.3 Å². The summed E-state index contributed by atoms with van der Waals surface area (Å²) in [6.45, 7) is 4.94. The van der Waals surface area contributed by atoms with E-state index in [0.717, 1.165) is 12.5 Å². The Balaban J connectivity index is 2.35. The van der Waals surface area contributed by atoms with Crippen LogP contribution in [-0.2, 0) is 19.1 Å². The minimum absolute atomic E-state index is 0.286. The van der Waals surface area contributed by atoms with Gasteiger partial charge in [-0.3, -0.25) is 14.9 Å². The van der Waals surface area contributed by atoms with Crippen molar-refractivity contribution in [3.63, 3.8) is 0 Å². The molecular weight excluding hydrogens is 234 g/mol. The molecule has 3 unspecified atom stereocenters. The average molecular weight is 249 g/mol. The van der Waals surface area contributed by atoms with Crippen LogP contribution in [0.3, 0.4) is 0 Å². The molecule has 1 fully saturated rings. The third kappa shape index (κ3) is 1.66. The number of hydrogen-bond donors (Lipinski definition) is 1. The number of ether oxygens (including phenoxy) is 1. The number of amides is 2. The van der Waals surface area contributed by atoms with Gasteiger partial charge in [0.15, 0.2) is 0 Å². The molecule has 0 aromatic rings. The van der Waals surface area contributed by atoms with Gasteiger partial charge >= 0.3 is 5.97 Å². The summed E-state index contributed by atoms with van der Waals surface area (Å²) in [7, 11) is 0. The van der Waals surface area contributed by atoms with Gasteiger partial charge in [-0.25, -0.2) is 4.79 Å². The number of allylic oxidation sites excluding steroid dienone is 1. The molecule has 0 bridgehead atoms. The van der Waals surface area contributed by atoms with Crippen LogP contribution in [0.1, 0.15) is 19.8 Å². The zero-order valence-electron chi connectivity index (χ0n) is 10.1. The summed E-state index contributed by atoms with van der Waals surface area (Å²) < 4.78 is 5.14. The first kappa shape index (κ1) is 12.5. The summed E-state index contributed by atoms with van der Waals surface area (Å²) in [6, 6.07) is 0. The molecule has 18 heavy (non-hydrogen) atoms. The molecule has 1 aliphatic heterocycles. The highest BCUT2D eigenvalue weighted by Gasteiger charge is 2.58. The highest BCUT2D eigenvalue weighted by Crippen LogP contribution is 2.45. The standard InChI is InChI=1S/C13H15NO4/c1-3-10(15)18-8(2)13-7-5-4-6-9(13)11(16)14-12(13)17/h3,5,7-9H,1,4,6H2,2H3,(H,14,16,17). The van der Waals surface area contributed by atoms with Gasteiger partial charge in [-0.05, 0) is 19.8 Å². The van der Waals surface area contributed by atoms with Gasteiger partial charge < -0.3 is 4.74 Å². The van der Waals surface area contributed by atoms with Crippen molar-refractivity contribution in [3.05, 3.63) is 24.8 Å². The summed E-state index contributed by atoms with van der Waals surface area (Å²) in [4.78, 5) is 35.1. The summed E-state index contributed by atoms with van der Waals surface area (Å²) in [5.41, 5.74) is -1.06. The number of imide groups is 1. The van der Waals surface area contributed by atoms with E-state index in [1.165, 1.54) is 0 Å². The maximum atomic E-state index is 12.1. The van der Waals surface area contributed by atoms with Gasteiger partial charge in [-0.2, -0.15) is 0 Å². The molecular formula is C13H15NO4. The van der Waals surface area contributed by atoms with E-state index in [4.69, 9.17) is 4.74 Å². The summed E-state index contributed by atoms with van der Waals surface area (Å²) >= 11 is 0. The fourth-order valence-electron chi connectivity index (χ4n) is 2.71. The van der Waals surface area contributed by atoms with E-state index < -0.39 is 29.3 Å². The normalized spacial score (nSPS) is 31.5. The number of nitrogens with one attached hydrogen (secondary N) is 1. The van der Waals surface area contributed by atoms with Crippen LogP contribution >= 0.6 is 0 Å². The minimum atomic E-state index is -1.06. The predicted octanol–water partition coefficient (Wildman–Crippen LogP) is 0.713. The maximum Gasteiger partial charge on any atom is 0.330 e. The Labute approximate surface area is 105 Å². The van der Waals surface area contributed by atoms with Crippen LogP contribution in [0.5, 0.6) is 0 Å².